The molecule has 188 valence electrons. The largest absolute Gasteiger partial charge is 0.484 e. The summed E-state index contributed by atoms with van der Waals surface area (Å²) < 4.78 is 10.9. The van der Waals surface area contributed by atoms with Crippen LogP contribution in [0.2, 0.25) is 0 Å². The molecule has 0 spiro atoms. The summed E-state index contributed by atoms with van der Waals surface area (Å²) >= 11 is 0. The summed E-state index contributed by atoms with van der Waals surface area (Å²) in [4.78, 5) is 24.2. The van der Waals surface area contributed by atoms with E-state index < -0.39 is 5.97 Å². The Morgan fingerprint density at radius 2 is 1.44 bits per heavy atom. The van der Waals surface area contributed by atoms with Crippen molar-refractivity contribution >= 4 is 18.1 Å². The van der Waals surface area contributed by atoms with E-state index in [0.717, 1.165) is 12.0 Å². The van der Waals surface area contributed by atoms with E-state index in [1.54, 1.807) is 48.5 Å². The number of hydrogen-bond donors (Lipinski definition) is 1. The quantitative estimate of drug-likeness (QED) is 0.170. The van der Waals surface area contributed by atoms with Gasteiger partial charge in [-0.15, -0.1) is 0 Å². The van der Waals surface area contributed by atoms with Crippen LogP contribution < -0.4 is 14.9 Å². The van der Waals surface area contributed by atoms with Crippen LogP contribution in [-0.2, 0) is 10.2 Å². The standard InChI is InChI=1S/C30H34N2O4/c1-29(2,3)21-30(4,5)24-13-17-25(18-14-24)35-20-27(33)32-31-19-22-11-15-26(16-12-22)36-28(34)23-9-7-6-8-10-23/h6-19H,20-21H2,1-5H3,(H,32,33)/b31-19+. The van der Waals surface area contributed by atoms with Crippen molar-refractivity contribution in [3.05, 3.63) is 95.6 Å². The molecule has 3 aromatic rings. The second-order valence-corrected chi connectivity index (χ2v) is 10.6. The summed E-state index contributed by atoms with van der Waals surface area (Å²) in [6.07, 6.45) is 2.56. The number of amides is 1. The van der Waals surface area contributed by atoms with E-state index in [2.05, 4.69) is 57.3 Å². The zero-order chi connectivity index (χ0) is 26.2. The van der Waals surface area contributed by atoms with Crippen LogP contribution in [-0.4, -0.2) is 24.7 Å². The van der Waals surface area contributed by atoms with Crippen molar-refractivity contribution in [2.75, 3.05) is 6.61 Å². The van der Waals surface area contributed by atoms with Crippen molar-refractivity contribution in [1.82, 2.24) is 5.43 Å². The Morgan fingerprint density at radius 1 is 0.833 bits per heavy atom. The molecule has 0 heterocycles. The van der Waals surface area contributed by atoms with Gasteiger partial charge in [0.05, 0.1) is 11.8 Å². The van der Waals surface area contributed by atoms with Gasteiger partial charge in [0.1, 0.15) is 11.5 Å². The molecule has 6 heteroatoms. The molecule has 0 unspecified atom stereocenters. The Labute approximate surface area is 213 Å². The first-order valence-electron chi connectivity index (χ1n) is 11.9. The van der Waals surface area contributed by atoms with Crippen molar-refractivity contribution in [3.63, 3.8) is 0 Å². The summed E-state index contributed by atoms with van der Waals surface area (Å²) in [5.41, 5.74) is 5.18. The number of carbonyl (C=O) groups is 2. The smallest absolute Gasteiger partial charge is 0.343 e. The van der Waals surface area contributed by atoms with Crippen molar-refractivity contribution < 1.29 is 19.1 Å². The highest BCUT2D eigenvalue weighted by molar-refractivity contribution is 5.91. The molecule has 0 aliphatic heterocycles. The van der Waals surface area contributed by atoms with Gasteiger partial charge in [0.25, 0.3) is 5.91 Å². The number of carbonyl (C=O) groups excluding carboxylic acids is 2. The molecular formula is C30H34N2O4. The number of benzene rings is 3. The Hall–Kier alpha value is -3.93. The molecule has 36 heavy (non-hydrogen) atoms. The average Bonchev–Trinajstić information content (AvgIpc) is 2.83. The van der Waals surface area contributed by atoms with Gasteiger partial charge >= 0.3 is 5.97 Å². The van der Waals surface area contributed by atoms with E-state index >= 15 is 0 Å². The first kappa shape index (κ1) is 26.7. The van der Waals surface area contributed by atoms with Gasteiger partial charge in [-0.1, -0.05) is 65.0 Å². The molecule has 6 nitrogen and oxygen atoms in total. The maximum atomic E-state index is 12.1. The third-order valence-corrected chi connectivity index (χ3v) is 5.48. The fourth-order valence-corrected chi connectivity index (χ4v) is 4.15. The van der Waals surface area contributed by atoms with Gasteiger partial charge in [-0.3, -0.25) is 4.79 Å². The zero-order valence-corrected chi connectivity index (χ0v) is 21.6. The van der Waals surface area contributed by atoms with Crippen LogP contribution in [0.15, 0.2) is 84.0 Å². The van der Waals surface area contributed by atoms with Gasteiger partial charge in [0.15, 0.2) is 6.61 Å². The van der Waals surface area contributed by atoms with Gasteiger partial charge in [-0.05, 0) is 76.9 Å². The normalized spacial score (nSPS) is 11.8. The monoisotopic (exact) mass is 486 g/mol. The van der Waals surface area contributed by atoms with E-state index in [1.165, 1.54) is 11.8 Å². The highest BCUT2D eigenvalue weighted by Crippen LogP contribution is 2.36. The molecule has 0 saturated carbocycles. The summed E-state index contributed by atoms with van der Waals surface area (Å²) in [5, 5.41) is 3.96. The SMILES string of the molecule is CC(C)(C)CC(C)(C)c1ccc(OCC(=O)N/N=C/c2ccc(OC(=O)c3ccccc3)cc2)cc1. The zero-order valence-electron chi connectivity index (χ0n) is 21.6. The van der Waals surface area contributed by atoms with Crippen molar-refractivity contribution in [1.29, 1.82) is 0 Å². The van der Waals surface area contributed by atoms with Gasteiger partial charge < -0.3 is 9.47 Å². The minimum atomic E-state index is -0.424. The topological polar surface area (TPSA) is 77.0 Å². The summed E-state index contributed by atoms with van der Waals surface area (Å²) in [6, 6.07) is 23.5. The number of nitrogens with zero attached hydrogens (tertiary/aromatic N) is 1. The molecular weight excluding hydrogens is 452 g/mol. The predicted molar refractivity (Wildman–Crippen MR) is 143 cm³/mol. The molecule has 0 aliphatic rings. The lowest BCUT2D eigenvalue weighted by Gasteiger charge is -2.33. The molecule has 1 amide bonds. The summed E-state index contributed by atoms with van der Waals surface area (Å²) in [7, 11) is 0. The summed E-state index contributed by atoms with van der Waals surface area (Å²) in [6.45, 7) is 11.1. The Morgan fingerprint density at radius 3 is 2.06 bits per heavy atom. The number of rotatable bonds is 9. The fourth-order valence-electron chi connectivity index (χ4n) is 4.15. The molecule has 0 atom stereocenters. The number of hydrazone groups is 1. The first-order chi connectivity index (χ1) is 17.0. The van der Waals surface area contributed by atoms with Gasteiger partial charge in [0.2, 0.25) is 0 Å². The predicted octanol–water partition coefficient (Wildman–Crippen LogP) is 6.15. The Bertz CT molecular complexity index is 1180. The lowest BCUT2D eigenvalue weighted by atomic mass is 9.72. The Balaban J connectivity index is 1.44. The first-order valence-corrected chi connectivity index (χ1v) is 11.9. The molecule has 0 saturated heterocycles. The van der Waals surface area contributed by atoms with E-state index in [4.69, 9.17) is 9.47 Å². The fraction of sp³-hybridized carbons (Fsp3) is 0.300. The average molecular weight is 487 g/mol. The number of nitrogens with one attached hydrogen (secondary N) is 1. The number of hydrogen-bond acceptors (Lipinski definition) is 5. The molecule has 0 radical (unpaired) electrons. The highest BCUT2D eigenvalue weighted by Gasteiger charge is 2.27. The Kier molecular flexibility index (Phi) is 8.64. The van der Waals surface area contributed by atoms with Crippen LogP contribution in [0.4, 0.5) is 0 Å². The molecule has 3 aromatic carbocycles. The van der Waals surface area contributed by atoms with Crippen LogP contribution >= 0.6 is 0 Å². The van der Waals surface area contributed by atoms with Gasteiger partial charge in [-0.25, -0.2) is 10.2 Å². The third-order valence-electron chi connectivity index (χ3n) is 5.48. The van der Waals surface area contributed by atoms with Crippen LogP contribution in [0.3, 0.4) is 0 Å². The molecule has 0 aromatic heterocycles. The van der Waals surface area contributed by atoms with Gasteiger partial charge in [-0.2, -0.15) is 5.10 Å². The highest BCUT2D eigenvalue weighted by atomic mass is 16.5. The van der Waals surface area contributed by atoms with Gasteiger partial charge in [0, 0.05) is 0 Å². The van der Waals surface area contributed by atoms with Crippen LogP contribution in [0.5, 0.6) is 11.5 Å². The van der Waals surface area contributed by atoms with Crippen LogP contribution in [0.25, 0.3) is 0 Å². The molecule has 3 rings (SSSR count). The minimum absolute atomic E-state index is 0.0463. The lowest BCUT2D eigenvalue weighted by Crippen LogP contribution is -2.25. The molecule has 0 aliphatic carbocycles. The van der Waals surface area contributed by atoms with Crippen LogP contribution in [0.1, 0.15) is 62.5 Å². The lowest BCUT2D eigenvalue weighted by molar-refractivity contribution is -0.123. The van der Waals surface area contributed by atoms with E-state index in [9.17, 15) is 9.59 Å². The number of ether oxygens (including phenoxy) is 2. The second kappa shape index (κ2) is 11.7. The van der Waals surface area contributed by atoms with E-state index in [-0.39, 0.29) is 23.3 Å². The van der Waals surface area contributed by atoms with Crippen molar-refractivity contribution in [3.8, 4) is 11.5 Å². The number of esters is 1. The van der Waals surface area contributed by atoms with E-state index in [1.807, 2.05) is 18.2 Å². The van der Waals surface area contributed by atoms with E-state index in [0.29, 0.717) is 17.1 Å². The third kappa shape index (κ3) is 8.38. The van der Waals surface area contributed by atoms with Crippen molar-refractivity contribution in [2.45, 2.75) is 46.5 Å². The molecule has 0 fully saturated rings. The van der Waals surface area contributed by atoms with Crippen LogP contribution in [0, 0.1) is 5.41 Å². The second-order valence-electron chi connectivity index (χ2n) is 10.6. The van der Waals surface area contributed by atoms with Crippen molar-refractivity contribution in [2.24, 2.45) is 10.5 Å². The summed E-state index contributed by atoms with van der Waals surface area (Å²) in [5.74, 6) is 0.265. The maximum Gasteiger partial charge on any atom is 0.343 e. The minimum Gasteiger partial charge on any atom is -0.484 e. The maximum absolute atomic E-state index is 12.1. The molecule has 1 N–H and O–H groups in total. The molecule has 0 bridgehead atoms.